The first-order valence-corrected chi connectivity index (χ1v) is 7.47. The van der Waals surface area contributed by atoms with E-state index in [9.17, 15) is 4.79 Å². The van der Waals surface area contributed by atoms with Crippen molar-refractivity contribution < 1.29 is 4.79 Å². The summed E-state index contributed by atoms with van der Waals surface area (Å²) < 4.78 is 0. The lowest BCUT2D eigenvalue weighted by atomic mass is 10.2. The van der Waals surface area contributed by atoms with Gasteiger partial charge in [-0.3, -0.25) is 0 Å². The summed E-state index contributed by atoms with van der Waals surface area (Å²) in [7, 11) is 0. The highest BCUT2D eigenvalue weighted by Gasteiger charge is 2.06. The van der Waals surface area contributed by atoms with Crippen molar-refractivity contribution in [3.63, 3.8) is 0 Å². The first-order valence-electron chi connectivity index (χ1n) is 5.84. The van der Waals surface area contributed by atoms with Gasteiger partial charge in [0.15, 0.2) is 0 Å². The van der Waals surface area contributed by atoms with Gasteiger partial charge in [0.1, 0.15) is 0 Å². The Labute approximate surface area is 131 Å². The zero-order valence-corrected chi connectivity index (χ0v) is 12.7. The molecule has 0 radical (unpaired) electrons. The quantitative estimate of drug-likeness (QED) is 0.851. The molecular weight excluding hydrogens is 315 g/mol. The molecule has 0 bridgehead atoms. The van der Waals surface area contributed by atoms with Crippen molar-refractivity contribution in [2.75, 3.05) is 0 Å². The maximum Gasteiger partial charge on any atom is 0.319 e. The van der Waals surface area contributed by atoms with Crippen LogP contribution in [0, 0.1) is 0 Å². The molecule has 0 aliphatic carbocycles. The summed E-state index contributed by atoms with van der Waals surface area (Å²) in [6.07, 6.45) is 3.42. The van der Waals surface area contributed by atoms with Gasteiger partial charge in [0, 0.05) is 33.2 Å². The number of rotatable bonds is 4. The van der Waals surface area contributed by atoms with Crippen LogP contribution in [-0.4, -0.2) is 6.03 Å². The number of hydrogen-bond donors (Lipinski definition) is 2. The largest absolute Gasteiger partial charge is 0.334 e. The summed E-state index contributed by atoms with van der Waals surface area (Å²) in [6.45, 7) is 0.275. The van der Waals surface area contributed by atoms with Crippen molar-refractivity contribution >= 4 is 46.6 Å². The van der Waals surface area contributed by atoms with Crippen molar-refractivity contribution in [3.8, 4) is 0 Å². The van der Waals surface area contributed by atoms with Gasteiger partial charge in [-0.2, -0.15) is 0 Å². The number of amides is 2. The fraction of sp³-hybridized carbons (Fsp3) is 0.0714. The second-order valence-corrected chi connectivity index (χ2v) is 5.67. The number of urea groups is 1. The molecule has 6 heteroatoms. The highest BCUT2D eigenvalue weighted by molar-refractivity contribution is 7.10. The lowest BCUT2D eigenvalue weighted by Crippen LogP contribution is -2.31. The van der Waals surface area contributed by atoms with Crippen molar-refractivity contribution in [1.29, 1.82) is 0 Å². The molecule has 0 unspecified atom stereocenters. The van der Waals surface area contributed by atoms with Gasteiger partial charge in [0.2, 0.25) is 0 Å². The number of thiophene rings is 1. The molecule has 104 valence electrons. The SMILES string of the molecule is O=C(NC=Cc1cccs1)NCc1c(Cl)cccc1Cl. The Kier molecular flexibility index (Phi) is 5.47. The molecule has 1 aromatic carbocycles. The van der Waals surface area contributed by atoms with Crippen LogP contribution in [0.5, 0.6) is 0 Å². The fourth-order valence-electron chi connectivity index (χ4n) is 1.51. The van der Waals surface area contributed by atoms with Crippen molar-refractivity contribution in [3.05, 3.63) is 62.4 Å². The topological polar surface area (TPSA) is 41.1 Å². The maximum absolute atomic E-state index is 11.6. The number of hydrogen-bond acceptors (Lipinski definition) is 2. The van der Waals surface area contributed by atoms with Crippen molar-refractivity contribution in [2.45, 2.75) is 6.54 Å². The molecule has 0 aliphatic heterocycles. The molecule has 3 nitrogen and oxygen atoms in total. The van der Waals surface area contributed by atoms with Gasteiger partial charge in [0.25, 0.3) is 0 Å². The average molecular weight is 327 g/mol. The molecule has 2 N–H and O–H groups in total. The molecule has 1 heterocycles. The molecule has 2 amide bonds. The maximum atomic E-state index is 11.6. The zero-order valence-electron chi connectivity index (χ0n) is 10.4. The Balaban J connectivity index is 1.83. The van der Waals surface area contributed by atoms with Gasteiger partial charge in [-0.15, -0.1) is 11.3 Å². The summed E-state index contributed by atoms with van der Waals surface area (Å²) in [5.41, 5.74) is 0.702. The second-order valence-electron chi connectivity index (χ2n) is 3.88. The van der Waals surface area contributed by atoms with E-state index in [1.54, 1.807) is 35.7 Å². The monoisotopic (exact) mass is 326 g/mol. The number of halogens is 2. The highest BCUT2D eigenvalue weighted by Crippen LogP contribution is 2.23. The summed E-state index contributed by atoms with van der Waals surface area (Å²) >= 11 is 13.6. The van der Waals surface area contributed by atoms with Gasteiger partial charge in [0.05, 0.1) is 0 Å². The molecule has 0 aliphatic rings. The highest BCUT2D eigenvalue weighted by atomic mass is 35.5. The molecule has 0 saturated carbocycles. The predicted octanol–water partition coefficient (Wildman–Crippen LogP) is 4.53. The van der Waals surface area contributed by atoms with E-state index in [1.807, 2.05) is 23.6 Å². The summed E-state index contributed by atoms with van der Waals surface area (Å²) in [5, 5.41) is 8.35. The van der Waals surface area contributed by atoms with E-state index in [1.165, 1.54) is 0 Å². The Hall–Kier alpha value is -1.49. The van der Waals surface area contributed by atoms with Gasteiger partial charge in [-0.25, -0.2) is 4.79 Å². The van der Waals surface area contributed by atoms with E-state index in [0.29, 0.717) is 15.6 Å². The smallest absolute Gasteiger partial charge is 0.319 e. The third-order valence-electron chi connectivity index (χ3n) is 2.49. The van der Waals surface area contributed by atoms with E-state index < -0.39 is 0 Å². The van der Waals surface area contributed by atoms with E-state index in [4.69, 9.17) is 23.2 Å². The molecule has 0 fully saturated rings. The van der Waals surface area contributed by atoms with Crippen LogP contribution in [0.4, 0.5) is 4.79 Å². The van der Waals surface area contributed by atoms with Crippen LogP contribution in [-0.2, 0) is 6.54 Å². The summed E-state index contributed by atoms with van der Waals surface area (Å²) in [4.78, 5) is 12.7. The Morgan fingerprint density at radius 2 is 1.95 bits per heavy atom. The molecule has 0 saturated heterocycles. The van der Waals surface area contributed by atoms with E-state index in [0.717, 1.165) is 4.88 Å². The number of carbonyl (C=O) groups excluding carboxylic acids is 1. The fourth-order valence-corrected chi connectivity index (χ4v) is 2.66. The minimum absolute atomic E-state index is 0.275. The molecule has 1 aromatic heterocycles. The first-order chi connectivity index (χ1) is 9.66. The zero-order chi connectivity index (χ0) is 14.4. The Morgan fingerprint density at radius 1 is 1.20 bits per heavy atom. The summed E-state index contributed by atoms with van der Waals surface area (Å²) in [6, 6.07) is 8.83. The van der Waals surface area contributed by atoms with Crippen LogP contribution in [0.3, 0.4) is 0 Å². The number of benzene rings is 1. The Bertz CT molecular complexity index is 591. The minimum atomic E-state index is -0.311. The molecule has 0 spiro atoms. The Morgan fingerprint density at radius 3 is 2.60 bits per heavy atom. The molecule has 0 atom stereocenters. The van der Waals surface area contributed by atoms with Gasteiger partial charge >= 0.3 is 6.03 Å². The van der Waals surface area contributed by atoms with Crippen molar-refractivity contribution in [1.82, 2.24) is 10.6 Å². The van der Waals surface area contributed by atoms with E-state index in [-0.39, 0.29) is 12.6 Å². The van der Waals surface area contributed by atoms with Crippen LogP contribution in [0.15, 0.2) is 41.9 Å². The van der Waals surface area contributed by atoms with E-state index in [2.05, 4.69) is 10.6 Å². The van der Waals surface area contributed by atoms with Crippen LogP contribution >= 0.6 is 34.5 Å². The van der Waals surface area contributed by atoms with Gasteiger partial charge in [-0.1, -0.05) is 35.3 Å². The standard InChI is InChI=1S/C14H12Cl2N2OS/c15-12-4-1-5-13(16)11(12)9-18-14(19)17-7-6-10-3-2-8-20-10/h1-8H,9H2,(H2,17,18,19). The number of nitrogens with one attached hydrogen (secondary N) is 2. The lowest BCUT2D eigenvalue weighted by molar-refractivity contribution is 0.244. The van der Waals surface area contributed by atoms with Crippen LogP contribution < -0.4 is 10.6 Å². The predicted molar refractivity (Wildman–Crippen MR) is 85.2 cm³/mol. The first kappa shape index (κ1) is 14.9. The minimum Gasteiger partial charge on any atom is -0.334 e. The van der Waals surface area contributed by atoms with Gasteiger partial charge < -0.3 is 10.6 Å². The molecular formula is C14H12Cl2N2OS. The van der Waals surface area contributed by atoms with Crippen LogP contribution in [0.2, 0.25) is 10.0 Å². The second kappa shape index (κ2) is 7.33. The van der Waals surface area contributed by atoms with E-state index >= 15 is 0 Å². The third kappa shape index (κ3) is 4.27. The van der Waals surface area contributed by atoms with Crippen LogP contribution in [0.25, 0.3) is 6.08 Å². The summed E-state index contributed by atoms with van der Waals surface area (Å²) in [5.74, 6) is 0. The average Bonchev–Trinajstić information content (AvgIpc) is 2.91. The van der Waals surface area contributed by atoms with Gasteiger partial charge in [-0.05, 0) is 29.7 Å². The van der Waals surface area contributed by atoms with Crippen LogP contribution in [0.1, 0.15) is 10.4 Å². The molecule has 2 aromatic rings. The molecule has 20 heavy (non-hydrogen) atoms. The number of carbonyl (C=O) groups is 1. The molecule has 2 rings (SSSR count). The lowest BCUT2D eigenvalue weighted by Gasteiger charge is -2.08. The normalized spacial score (nSPS) is 10.7. The van der Waals surface area contributed by atoms with Crippen molar-refractivity contribution in [2.24, 2.45) is 0 Å². The third-order valence-corrected chi connectivity index (χ3v) is 4.04.